The Kier molecular flexibility index (Phi) is 8.95. The van der Waals surface area contributed by atoms with Crippen LogP contribution in [0.5, 0.6) is 0 Å². The van der Waals surface area contributed by atoms with Crippen LogP contribution in [0.25, 0.3) is 11.1 Å². The predicted molar refractivity (Wildman–Crippen MR) is 125 cm³/mol. The molecule has 2 aromatic carbocycles. The van der Waals surface area contributed by atoms with E-state index in [1.165, 1.54) is 0 Å². The van der Waals surface area contributed by atoms with Crippen molar-refractivity contribution in [3.63, 3.8) is 0 Å². The molecule has 192 valence electrons. The molecule has 7 N–H and O–H groups in total. The topological polar surface area (TPSA) is 195 Å². The quantitative estimate of drug-likeness (QED) is 0.200. The van der Waals surface area contributed by atoms with Gasteiger partial charge >= 0.3 is 12.1 Å². The minimum Gasteiger partial charge on any atom is -0.480 e. The summed E-state index contributed by atoms with van der Waals surface area (Å²) in [6, 6.07) is 10.7. The van der Waals surface area contributed by atoms with Gasteiger partial charge in [0.15, 0.2) is 0 Å². The van der Waals surface area contributed by atoms with E-state index in [-0.39, 0.29) is 12.5 Å². The first-order valence-electron chi connectivity index (χ1n) is 11.1. The molecular weight excluding hydrogens is 474 g/mol. The van der Waals surface area contributed by atoms with Gasteiger partial charge in [0.25, 0.3) is 0 Å². The molecule has 1 aliphatic rings. The van der Waals surface area contributed by atoms with Crippen LogP contribution in [-0.4, -0.2) is 88.9 Å². The van der Waals surface area contributed by atoms with Crippen LogP contribution >= 0.6 is 0 Å². The molecule has 0 unspecified atom stereocenters. The number of nitrogens with one attached hydrogen (secondary N) is 3. The third-order valence-corrected chi connectivity index (χ3v) is 5.75. The van der Waals surface area contributed by atoms with Crippen LogP contribution in [0.1, 0.15) is 17.0 Å². The lowest BCUT2D eigenvalue weighted by Gasteiger charge is -2.22. The van der Waals surface area contributed by atoms with Crippen molar-refractivity contribution in [1.29, 1.82) is 0 Å². The van der Waals surface area contributed by atoms with E-state index in [1.807, 2.05) is 53.8 Å². The molecule has 0 heterocycles. The van der Waals surface area contributed by atoms with E-state index in [1.54, 1.807) is 0 Å². The van der Waals surface area contributed by atoms with E-state index in [4.69, 9.17) is 14.9 Å². The van der Waals surface area contributed by atoms with Crippen molar-refractivity contribution in [2.75, 3.05) is 26.4 Å². The zero-order chi connectivity index (χ0) is 26.2. The maximum absolute atomic E-state index is 12.5. The van der Waals surface area contributed by atoms with Crippen LogP contribution in [0, 0.1) is 0 Å². The summed E-state index contributed by atoms with van der Waals surface area (Å²) in [6.07, 6.45) is -0.984. The van der Waals surface area contributed by atoms with Crippen LogP contribution in [0.2, 0.25) is 0 Å². The number of carbonyl (C=O) groups is 4. The molecule has 3 rings (SSSR count). The Hall–Kier alpha value is -4.00. The van der Waals surface area contributed by atoms with Crippen LogP contribution in [-0.2, 0) is 19.1 Å². The SMILES string of the molecule is O=C(N[C@@H](CO)C(=O)N[C@@H](CO)C(=O)N[C@@H](CO)C(=O)O)OCC1c2ccccc2-c2ccccc21. The molecule has 0 spiro atoms. The van der Waals surface area contributed by atoms with Crippen molar-refractivity contribution in [3.05, 3.63) is 59.7 Å². The number of hydrogen-bond acceptors (Lipinski definition) is 8. The minimum atomic E-state index is -1.64. The van der Waals surface area contributed by atoms with Crippen molar-refractivity contribution in [3.8, 4) is 11.1 Å². The Morgan fingerprint density at radius 3 is 1.64 bits per heavy atom. The average Bonchev–Trinajstić information content (AvgIpc) is 3.20. The number of ether oxygens (including phenoxy) is 1. The number of aliphatic hydroxyl groups excluding tert-OH is 3. The van der Waals surface area contributed by atoms with Gasteiger partial charge in [0.05, 0.1) is 19.8 Å². The molecule has 12 heteroatoms. The van der Waals surface area contributed by atoms with E-state index < -0.39 is 61.8 Å². The monoisotopic (exact) mass is 501 g/mol. The van der Waals surface area contributed by atoms with Gasteiger partial charge in [0.2, 0.25) is 11.8 Å². The van der Waals surface area contributed by atoms with Crippen molar-refractivity contribution >= 4 is 23.9 Å². The molecule has 0 radical (unpaired) electrons. The Morgan fingerprint density at radius 1 is 0.722 bits per heavy atom. The smallest absolute Gasteiger partial charge is 0.407 e. The van der Waals surface area contributed by atoms with Gasteiger partial charge in [0.1, 0.15) is 24.7 Å². The molecule has 0 aromatic heterocycles. The number of rotatable bonds is 11. The number of amides is 3. The van der Waals surface area contributed by atoms with Crippen molar-refractivity contribution in [1.82, 2.24) is 16.0 Å². The number of aliphatic carboxylic acids is 1. The van der Waals surface area contributed by atoms with Crippen LogP contribution in [0.3, 0.4) is 0 Å². The summed E-state index contributed by atoms with van der Waals surface area (Å²) in [5.41, 5.74) is 4.05. The number of alkyl carbamates (subject to hydrolysis) is 1. The molecule has 3 amide bonds. The first kappa shape index (κ1) is 26.6. The van der Waals surface area contributed by atoms with Gasteiger partial charge in [-0.15, -0.1) is 0 Å². The third-order valence-electron chi connectivity index (χ3n) is 5.75. The van der Waals surface area contributed by atoms with E-state index >= 15 is 0 Å². The summed E-state index contributed by atoms with van der Waals surface area (Å²) in [4.78, 5) is 47.9. The van der Waals surface area contributed by atoms with Crippen molar-refractivity contribution in [2.45, 2.75) is 24.0 Å². The van der Waals surface area contributed by atoms with Crippen LogP contribution in [0.15, 0.2) is 48.5 Å². The normalized spacial score (nSPS) is 14.5. The highest BCUT2D eigenvalue weighted by molar-refractivity contribution is 5.93. The minimum absolute atomic E-state index is 0.0287. The van der Waals surface area contributed by atoms with Gasteiger partial charge in [-0.1, -0.05) is 48.5 Å². The Balaban J connectivity index is 1.58. The molecule has 2 aromatic rings. The Morgan fingerprint density at radius 2 is 1.17 bits per heavy atom. The molecule has 3 atom stereocenters. The number of fused-ring (bicyclic) bond motifs is 3. The molecule has 36 heavy (non-hydrogen) atoms. The molecular formula is C24H27N3O9. The summed E-state index contributed by atoms with van der Waals surface area (Å²) in [7, 11) is 0. The van der Waals surface area contributed by atoms with Crippen LogP contribution in [0.4, 0.5) is 4.79 Å². The van der Waals surface area contributed by atoms with E-state index in [0.29, 0.717) is 0 Å². The summed E-state index contributed by atoms with van der Waals surface area (Å²) >= 11 is 0. The molecule has 0 bridgehead atoms. The molecule has 1 aliphatic carbocycles. The second kappa shape index (κ2) is 12.1. The average molecular weight is 501 g/mol. The largest absolute Gasteiger partial charge is 0.480 e. The zero-order valence-corrected chi connectivity index (χ0v) is 19.1. The van der Waals surface area contributed by atoms with Gasteiger partial charge in [0, 0.05) is 5.92 Å². The lowest BCUT2D eigenvalue weighted by atomic mass is 9.98. The zero-order valence-electron chi connectivity index (χ0n) is 19.1. The third kappa shape index (κ3) is 5.97. The van der Waals surface area contributed by atoms with Gasteiger partial charge in [-0.3, -0.25) is 9.59 Å². The van der Waals surface area contributed by atoms with E-state index in [9.17, 15) is 29.4 Å². The fourth-order valence-corrected chi connectivity index (χ4v) is 3.90. The molecule has 0 saturated heterocycles. The summed E-state index contributed by atoms with van der Waals surface area (Å²) in [6.45, 7) is -2.68. The number of carbonyl (C=O) groups excluding carboxylic acids is 3. The predicted octanol–water partition coefficient (Wildman–Crippen LogP) is -1.08. The second-order valence-electron chi connectivity index (χ2n) is 8.03. The first-order valence-corrected chi connectivity index (χ1v) is 11.1. The molecule has 0 aliphatic heterocycles. The lowest BCUT2D eigenvalue weighted by Crippen LogP contribution is -2.58. The van der Waals surface area contributed by atoms with Gasteiger partial charge < -0.3 is 41.1 Å². The molecule has 0 fully saturated rings. The van der Waals surface area contributed by atoms with E-state index in [0.717, 1.165) is 22.3 Å². The Bertz CT molecular complexity index is 1080. The summed E-state index contributed by atoms with van der Waals surface area (Å²) < 4.78 is 5.33. The molecule has 12 nitrogen and oxygen atoms in total. The highest BCUT2D eigenvalue weighted by atomic mass is 16.5. The maximum atomic E-state index is 12.5. The van der Waals surface area contributed by atoms with Gasteiger partial charge in [-0.2, -0.15) is 0 Å². The maximum Gasteiger partial charge on any atom is 0.407 e. The fraction of sp³-hybridized carbons (Fsp3) is 0.333. The number of aliphatic hydroxyl groups is 3. The van der Waals surface area contributed by atoms with Crippen molar-refractivity contribution in [2.24, 2.45) is 0 Å². The number of hydrogen-bond donors (Lipinski definition) is 7. The van der Waals surface area contributed by atoms with Gasteiger partial charge in [-0.25, -0.2) is 9.59 Å². The van der Waals surface area contributed by atoms with Crippen molar-refractivity contribution < 1.29 is 44.3 Å². The highest BCUT2D eigenvalue weighted by Crippen LogP contribution is 2.44. The summed E-state index contributed by atoms with van der Waals surface area (Å²) in [5.74, 6) is -3.83. The Labute approximate surface area is 205 Å². The van der Waals surface area contributed by atoms with Crippen LogP contribution < -0.4 is 16.0 Å². The lowest BCUT2D eigenvalue weighted by molar-refractivity contribution is -0.143. The number of carboxylic acid groups (broad SMARTS) is 1. The van der Waals surface area contributed by atoms with E-state index in [2.05, 4.69) is 10.6 Å². The highest BCUT2D eigenvalue weighted by Gasteiger charge is 2.31. The number of carboxylic acids is 1. The summed E-state index contributed by atoms with van der Waals surface area (Å²) in [5, 5.41) is 43.1. The molecule has 0 saturated carbocycles. The number of benzene rings is 2. The first-order chi connectivity index (χ1) is 17.3. The standard InChI is InChI=1S/C24H27N3O9/c28-9-18(21(31)26-20(11-30)23(33)34)25-22(32)19(10-29)27-24(35)36-12-17-15-7-3-1-5-13(15)14-6-2-4-8-16(14)17/h1-8,17-20,28-30H,9-12H2,(H,25,32)(H,26,31)(H,27,35)(H,33,34)/t18-,19-,20-/m0/s1. The second-order valence-corrected chi connectivity index (χ2v) is 8.03. The van der Waals surface area contributed by atoms with Gasteiger partial charge in [-0.05, 0) is 22.3 Å². The fourth-order valence-electron chi connectivity index (χ4n) is 3.90.